The number of nitrogens with zero attached hydrogens (tertiary/aromatic N) is 1. The molecule has 0 bridgehead atoms. The van der Waals surface area contributed by atoms with Crippen molar-refractivity contribution in [2.45, 2.75) is 58.7 Å². The van der Waals surface area contributed by atoms with Crippen LogP contribution in [0.5, 0.6) is 0 Å². The molecule has 1 aromatic rings. The number of benzene rings is 1. The van der Waals surface area contributed by atoms with Crippen molar-refractivity contribution in [3.05, 3.63) is 29.3 Å². The number of rotatable bonds is 9. The van der Waals surface area contributed by atoms with E-state index < -0.39 is 0 Å². The van der Waals surface area contributed by atoms with Crippen molar-refractivity contribution in [1.82, 2.24) is 5.32 Å². The van der Waals surface area contributed by atoms with E-state index in [9.17, 15) is 0 Å². The van der Waals surface area contributed by atoms with E-state index >= 15 is 0 Å². The first-order chi connectivity index (χ1) is 10.2. The Kier molecular flexibility index (Phi) is 6.07. The Bertz CT molecular complexity index is 443. The highest BCUT2D eigenvalue weighted by Gasteiger charge is 2.20. The van der Waals surface area contributed by atoms with Crippen LogP contribution in [0.1, 0.15) is 44.2 Å². The molecule has 1 aliphatic carbocycles. The third kappa shape index (κ3) is 4.72. The molecular weight excluding hydrogens is 260 g/mol. The van der Waals surface area contributed by atoms with E-state index in [1.165, 1.54) is 29.7 Å². The summed E-state index contributed by atoms with van der Waals surface area (Å²) in [5.41, 5.74) is 4.11. The molecular formula is C18H30N2O. The van der Waals surface area contributed by atoms with Crippen molar-refractivity contribution in [1.29, 1.82) is 0 Å². The molecule has 2 rings (SSSR count). The number of anilines is 1. The number of ether oxygens (including phenoxy) is 1. The maximum Gasteiger partial charge on any atom is 0.0637 e. The van der Waals surface area contributed by atoms with Crippen LogP contribution in [0.2, 0.25) is 0 Å². The Labute approximate surface area is 129 Å². The molecule has 3 nitrogen and oxygen atoms in total. The standard InChI is InChI=1S/C18H30N2O/c1-5-15(3)20(10-11-21-4)18-9-6-16(14(2)12-18)13-19-17-7-8-17/h6,9,12,15,17,19H,5,7-8,10-11,13H2,1-4H3. The van der Waals surface area contributed by atoms with Crippen LogP contribution in [0.25, 0.3) is 0 Å². The highest BCUT2D eigenvalue weighted by Crippen LogP contribution is 2.24. The number of hydrogen-bond donors (Lipinski definition) is 1. The highest BCUT2D eigenvalue weighted by molar-refractivity contribution is 5.51. The topological polar surface area (TPSA) is 24.5 Å². The fraction of sp³-hybridized carbons (Fsp3) is 0.667. The zero-order valence-corrected chi connectivity index (χ0v) is 14.0. The fourth-order valence-corrected chi connectivity index (χ4v) is 2.61. The van der Waals surface area contributed by atoms with Gasteiger partial charge in [-0.25, -0.2) is 0 Å². The van der Waals surface area contributed by atoms with Gasteiger partial charge in [0.1, 0.15) is 0 Å². The quantitative estimate of drug-likeness (QED) is 0.753. The van der Waals surface area contributed by atoms with E-state index in [0.29, 0.717) is 6.04 Å². The molecule has 0 aliphatic heterocycles. The second-order valence-electron chi connectivity index (χ2n) is 6.21. The van der Waals surface area contributed by atoms with Gasteiger partial charge in [0.25, 0.3) is 0 Å². The SMILES string of the molecule is CCC(C)N(CCOC)c1ccc(CNC2CC2)c(C)c1. The van der Waals surface area contributed by atoms with Gasteiger partial charge in [0, 0.05) is 38.0 Å². The molecule has 0 saturated heterocycles. The van der Waals surface area contributed by atoms with Crippen molar-refractivity contribution in [3.8, 4) is 0 Å². The normalized spacial score (nSPS) is 16.0. The summed E-state index contributed by atoms with van der Waals surface area (Å²) in [6, 6.07) is 8.17. The van der Waals surface area contributed by atoms with Crippen LogP contribution < -0.4 is 10.2 Å². The molecule has 0 amide bonds. The first-order valence-corrected chi connectivity index (χ1v) is 8.24. The molecule has 1 unspecified atom stereocenters. The lowest BCUT2D eigenvalue weighted by Gasteiger charge is -2.31. The molecule has 118 valence electrons. The lowest BCUT2D eigenvalue weighted by Crippen LogP contribution is -2.35. The van der Waals surface area contributed by atoms with Gasteiger partial charge in [0.2, 0.25) is 0 Å². The van der Waals surface area contributed by atoms with Crippen LogP contribution in [-0.2, 0) is 11.3 Å². The Hall–Kier alpha value is -1.06. The van der Waals surface area contributed by atoms with Gasteiger partial charge in [-0.2, -0.15) is 0 Å². The molecule has 0 aromatic heterocycles. The molecule has 21 heavy (non-hydrogen) atoms. The zero-order valence-electron chi connectivity index (χ0n) is 14.0. The lowest BCUT2D eigenvalue weighted by molar-refractivity contribution is 0.203. The summed E-state index contributed by atoms with van der Waals surface area (Å²) in [6.07, 6.45) is 3.83. The Morgan fingerprint density at radius 2 is 2.14 bits per heavy atom. The Morgan fingerprint density at radius 1 is 1.38 bits per heavy atom. The second kappa shape index (κ2) is 7.81. The molecule has 1 fully saturated rings. The second-order valence-corrected chi connectivity index (χ2v) is 6.21. The summed E-state index contributed by atoms with van der Waals surface area (Å²) >= 11 is 0. The smallest absolute Gasteiger partial charge is 0.0637 e. The highest BCUT2D eigenvalue weighted by atomic mass is 16.5. The summed E-state index contributed by atoms with van der Waals surface area (Å²) in [7, 11) is 1.77. The maximum absolute atomic E-state index is 5.26. The molecule has 1 atom stereocenters. The fourth-order valence-electron chi connectivity index (χ4n) is 2.61. The van der Waals surface area contributed by atoms with Crippen LogP contribution in [0.3, 0.4) is 0 Å². The average Bonchev–Trinajstić information content (AvgIpc) is 3.30. The predicted octanol–water partition coefficient (Wildman–Crippen LogP) is 3.50. The molecule has 0 heterocycles. The minimum atomic E-state index is 0.537. The van der Waals surface area contributed by atoms with Crippen molar-refractivity contribution in [3.63, 3.8) is 0 Å². The molecule has 1 N–H and O–H groups in total. The molecule has 0 spiro atoms. The van der Waals surface area contributed by atoms with Crippen LogP contribution in [0.15, 0.2) is 18.2 Å². The lowest BCUT2D eigenvalue weighted by atomic mass is 10.1. The van der Waals surface area contributed by atoms with Gasteiger partial charge >= 0.3 is 0 Å². The maximum atomic E-state index is 5.26. The summed E-state index contributed by atoms with van der Waals surface area (Å²) in [6.45, 7) is 9.47. The van der Waals surface area contributed by atoms with Gasteiger partial charge < -0.3 is 15.0 Å². The van der Waals surface area contributed by atoms with E-state index in [0.717, 1.165) is 32.2 Å². The van der Waals surface area contributed by atoms with Crippen molar-refractivity contribution in [2.75, 3.05) is 25.2 Å². The minimum Gasteiger partial charge on any atom is -0.383 e. The van der Waals surface area contributed by atoms with Crippen LogP contribution in [-0.4, -0.2) is 32.3 Å². The molecule has 1 saturated carbocycles. The van der Waals surface area contributed by atoms with E-state index in [1.807, 2.05) is 0 Å². The molecule has 3 heteroatoms. The largest absolute Gasteiger partial charge is 0.383 e. The third-order valence-electron chi connectivity index (χ3n) is 4.48. The van der Waals surface area contributed by atoms with Crippen molar-refractivity contribution < 1.29 is 4.74 Å². The Morgan fingerprint density at radius 3 is 2.71 bits per heavy atom. The monoisotopic (exact) mass is 290 g/mol. The first kappa shape index (κ1) is 16.3. The molecule has 1 aliphatic rings. The average molecular weight is 290 g/mol. The van der Waals surface area contributed by atoms with Crippen LogP contribution >= 0.6 is 0 Å². The van der Waals surface area contributed by atoms with Gasteiger partial charge in [-0.1, -0.05) is 13.0 Å². The molecule has 0 radical (unpaired) electrons. The van der Waals surface area contributed by atoms with Crippen LogP contribution in [0.4, 0.5) is 5.69 Å². The Balaban J connectivity index is 2.06. The van der Waals surface area contributed by atoms with E-state index in [-0.39, 0.29) is 0 Å². The van der Waals surface area contributed by atoms with Gasteiger partial charge in [0.05, 0.1) is 6.61 Å². The zero-order chi connectivity index (χ0) is 15.2. The summed E-state index contributed by atoms with van der Waals surface area (Å²) in [5.74, 6) is 0. The predicted molar refractivity (Wildman–Crippen MR) is 90.0 cm³/mol. The van der Waals surface area contributed by atoms with Gasteiger partial charge in [-0.15, -0.1) is 0 Å². The van der Waals surface area contributed by atoms with Gasteiger partial charge in [-0.3, -0.25) is 0 Å². The van der Waals surface area contributed by atoms with Gasteiger partial charge in [-0.05, 0) is 56.4 Å². The third-order valence-corrected chi connectivity index (χ3v) is 4.48. The summed E-state index contributed by atoms with van der Waals surface area (Å²) in [5, 5.41) is 3.60. The summed E-state index contributed by atoms with van der Waals surface area (Å²) in [4.78, 5) is 2.45. The number of aryl methyl sites for hydroxylation is 1. The first-order valence-electron chi connectivity index (χ1n) is 8.24. The van der Waals surface area contributed by atoms with Crippen molar-refractivity contribution >= 4 is 5.69 Å². The number of nitrogens with one attached hydrogen (secondary N) is 1. The van der Waals surface area contributed by atoms with Crippen LogP contribution in [0, 0.1) is 6.92 Å². The van der Waals surface area contributed by atoms with Gasteiger partial charge in [0.15, 0.2) is 0 Å². The minimum absolute atomic E-state index is 0.537. The number of methoxy groups -OCH3 is 1. The van der Waals surface area contributed by atoms with Crippen molar-refractivity contribution in [2.24, 2.45) is 0 Å². The molecule has 1 aromatic carbocycles. The van der Waals surface area contributed by atoms with E-state index in [2.05, 4.69) is 49.2 Å². The van der Waals surface area contributed by atoms with E-state index in [1.54, 1.807) is 7.11 Å². The summed E-state index contributed by atoms with van der Waals surface area (Å²) < 4.78 is 5.26. The number of hydrogen-bond acceptors (Lipinski definition) is 3. The van der Waals surface area contributed by atoms with E-state index in [4.69, 9.17) is 4.74 Å².